The third-order valence-corrected chi connectivity index (χ3v) is 8.09. The summed E-state index contributed by atoms with van der Waals surface area (Å²) in [7, 11) is 1.52. The Hall–Kier alpha value is -3.89. The smallest absolute Gasteiger partial charge is 0.435 e. The van der Waals surface area contributed by atoms with E-state index < -0.39 is 36.2 Å². The number of methoxy groups -OCH3 is 1. The second-order valence-corrected chi connectivity index (χ2v) is 11.0. The summed E-state index contributed by atoms with van der Waals surface area (Å²) in [6.07, 6.45) is 0.929. The number of amides is 2. The zero-order valence-corrected chi connectivity index (χ0v) is 23.4. The Balaban J connectivity index is 1.54. The fourth-order valence-corrected chi connectivity index (χ4v) is 5.97. The highest BCUT2D eigenvalue weighted by atomic mass is 19.4. The number of nitrogens with one attached hydrogen (secondary N) is 1. The number of alkyl halides is 3. The number of halogens is 4. The molecule has 0 aliphatic heterocycles. The third-order valence-electron chi connectivity index (χ3n) is 8.09. The fourth-order valence-electron chi connectivity index (χ4n) is 5.97. The maximum Gasteiger partial charge on any atom is 0.435 e. The molecule has 0 spiro atoms. The van der Waals surface area contributed by atoms with Gasteiger partial charge >= 0.3 is 6.18 Å². The number of fused-ring (bicyclic) bond motifs is 1. The Morgan fingerprint density at radius 1 is 1.02 bits per heavy atom. The van der Waals surface area contributed by atoms with Crippen LogP contribution in [0.3, 0.4) is 0 Å². The standard InChI is InChI=1S/C31H34F4N4O3/c1-42-24-16-12-21(13-17-24)28(30(41)36-23-6-2-3-7-23)38(18-20-10-14-22(32)15-11-20)27(40)19-39-26-9-5-4-8-25(26)29(37-39)31(33,34)35/h10-17,23,28H,2-9,18-19H2,1H3,(H,36,41)/t28-/m1/s1. The summed E-state index contributed by atoms with van der Waals surface area (Å²) in [6, 6.07) is 11.2. The van der Waals surface area contributed by atoms with Crippen LogP contribution < -0.4 is 10.1 Å². The number of nitrogens with zero attached hydrogens (tertiary/aromatic N) is 3. The van der Waals surface area contributed by atoms with Crippen molar-refractivity contribution in [1.29, 1.82) is 0 Å². The van der Waals surface area contributed by atoms with Gasteiger partial charge in [0.2, 0.25) is 11.8 Å². The van der Waals surface area contributed by atoms with Gasteiger partial charge in [0, 0.05) is 23.8 Å². The monoisotopic (exact) mass is 586 g/mol. The van der Waals surface area contributed by atoms with Gasteiger partial charge in [-0.3, -0.25) is 14.3 Å². The predicted molar refractivity (Wildman–Crippen MR) is 147 cm³/mol. The maximum atomic E-state index is 14.1. The van der Waals surface area contributed by atoms with Crippen molar-refractivity contribution >= 4 is 11.8 Å². The molecule has 7 nitrogen and oxygen atoms in total. The number of carbonyl (C=O) groups excluding carboxylic acids is 2. The van der Waals surface area contributed by atoms with E-state index in [2.05, 4.69) is 10.4 Å². The molecule has 224 valence electrons. The van der Waals surface area contributed by atoms with E-state index in [4.69, 9.17) is 4.74 Å². The molecule has 5 rings (SSSR count). The highest BCUT2D eigenvalue weighted by Gasteiger charge is 2.40. The molecule has 1 N–H and O–H groups in total. The molecular formula is C31H34F4N4O3. The van der Waals surface area contributed by atoms with Crippen LogP contribution in [-0.2, 0) is 41.7 Å². The molecule has 0 unspecified atom stereocenters. The SMILES string of the molecule is COc1ccc([C@H](C(=O)NC2CCCC2)N(Cc2ccc(F)cc2)C(=O)Cn2nc(C(F)(F)F)c3c2CCCC3)cc1. The van der Waals surface area contributed by atoms with Gasteiger partial charge < -0.3 is 15.0 Å². The quantitative estimate of drug-likeness (QED) is 0.324. The van der Waals surface area contributed by atoms with Crippen LogP contribution in [0.15, 0.2) is 48.5 Å². The largest absolute Gasteiger partial charge is 0.497 e. The Morgan fingerprint density at radius 2 is 1.69 bits per heavy atom. The lowest BCUT2D eigenvalue weighted by molar-refractivity contribution is -0.144. The van der Waals surface area contributed by atoms with Gasteiger partial charge in [0.15, 0.2) is 5.69 Å². The Morgan fingerprint density at radius 3 is 2.33 bits per heavy atom. The minimum atomic E-state index is -4.64. The van der Waals surface area contributed by atoms with Crippen LogP contribution in [-0.4, -0.2) is 39.6 Å². The van der Waals surface area contributed by atoms with E-state index in [0.29, 0.717) is 41.8 Å². The van der Waals surface area contributed by atoms with Crippen molar-refractivity contribution in [1.82, 2.24) is 20.0 Å². The van der Waals surface area contributed by atoms with Gasteiger partial charge in [-0.2, -0.15) is 18.3 Å². The molecule has 0 radical (unpaired) electrons. The maximum absolute atomic E-state index is 14.1. The van der Waals surface area contributed by atoms with E-state index >= 15 is 0 Å². The van der Waals surface area contributed by atoms with E-state index in [0.717, 1.165) is 30.4 Å². The molecule has 2 aliphatic rings. The number of benzene rings is 2. The number of carbonyl (C=O) groups is 2. The van der Waals surface area contributed by atoms with Gasteiger partial charge in [-0.15, -0.1) is 0 Å². The summed E-state index contributed by atoms with van der Waals surface area (Å²) < 4.78 is 61.7. The summed E-state index contributed by atoms with van der Waals surface area (Å²) in [5.74, 6) is -0.856. The highest BCUT2D eigenvalue weighted by Crippen LogP contribution is 2.36. The Labute approximate surface area is 241 Å². The van der Waals surface area contributed by atoms with E-state index in [-0.39, 0.29) is 30.5 Å². The first-order valence-electron chi connectivity index (χ1n) is 14.3. The van der Waals surface area contributed by atoms with Crippen LogP contribution in [0.25, 0.3) is 0 Å². The molecular weight excluding hydrogens is 552 g/mol. The van der Waals surface area contributed by atoms with Crippen LogP contribution in [0.2, 0.25) is 0 Å². The van der Waals surface area contributed by atoms with Gasteiger partial charge in [-0.1, -0.05) is 37.1 Å². The zero-order valence-electron chi connectivity index (χ0n) is 23.4. The minimum absolute atomic E-state index is 0.0338. The van der Waals surface area contributed by atoms with Crippen molar-refractivity contribution in [3.8, 4) is 5.75 Å². The molecule has 1 fully saturated rings. The van der Waals surface area contributed by atoms with Crippen molar-refractivity contribution < 1.29 is 31.9 Å². The molecule has 2 aliphatic carbocycles. The molecule has 0 bridgehead atoms. The van der Waals surface area contributed by atoms with Gasteiger partial charge in [0.1, 0.15) is 24.2 Å². The zero-order chi connectivity index (χ0) is 29.9. The minimum Gasteiger partial charge on any atom is -0.497 e. The summed E-state index contributed by atoms with van der Waals surface area (Å²) in [4.78, 5) is 29.4. The van der Waals surface area contributed by atoms with Crippen LogP contribution in [0.1, 0.15) is 72.6 Å². The predicted octanol–water partition coefficient (Wildman–Crippen LogP) is 5.76. The van der Waals surface area contributed by atoms with Crippen LogP contribution >= 0.6 is 0 Å². The van der Waals surface area contributed by atoms with Gasteiger partial charge in [0.25, 0.3) is 0 Å². The molecule has 2 aromatic carbocycles. The third kappa shape index (κ3) is 6.60. The number of hydrogen-bond donors (Lipinski definition) is 1. The van der Waals surface area contributed by atoms with Crippen molar-refractivity contribution in [2.75, 3.05) is 7.11 Å². The lowest BCUT2D eigenvalue weighted by Crippen LogP contribution is -2.46. The lowest BCUT2D eigenvalue weighted by Gasteiger charge is -2.33. The topological polar surface area (TPSA) is 76.5 Å². The first-order chi connectivity index (χ1) is 20.1. The molecule has 1 heterocycles. The first kappa shape index (κ1) is 29.6. The van der Waals surface area contributed by atoms with Crippen molar-refractivity contribution in [3.63, 3.8) is 0 Å². The summed E-state index contributed by atoms with van der Waals surface area (Å²) >= 11 is 0. The normalized spacial score (nSPS) is 16.1. The van der Waals surface area contributed by atoms with Crippen LogP contribution in [0, 0.1) is 5.82 Å². The average Bonchev–Trinajstić information content (AvgIpc) is 3.62. The van der Waals surface area contributed by atoms with Gasteiger partial charge in [-0.05, 0) is 73.9 Å². The summed E-state index contributed by atoms with van der Waals surface area (Å²) in [5, 5.41) is 6.94. The molecule has 1 atom stereocenters. The van der Waals surface area contributed by atoms with Gasteiger partial charge in [0.05, 0.1) is 7.11 Å². The fraction of sp³-hybridized carbons (Fsp3) is 0.452. The second kappa shape index (κ2) is 12.5. The van der Waals surface area contributed by atoms with Crippen molar-refractivity contribution in [2.24, 2.45) is 0 Å². The van der Waals surface area contributed by atoms with Crippen molar-refractivity contribution in [2.45, 2.75) is 82.7 Å². The molecule has 2 amide bonds. The Kier molecular flexibility index (Phi) is 8.84. The van der Waals surface area contributed by atoms with Crippen molar-refractivity contribution in [3.05, 3.63) is 82.4 Å². The molecule has 3 aromatic rings. The molecule has 11 heteroatoms. The number of ether oxygens (including phenoxy) is 1. The molecule has 0 saturated heterocycles. The number of rotatable bonds is 9. The van der Waals surface area contributed by atoms with Crippen LogP contribution in [0.5, 0.6) is 5.75 Å². The van der Waals surface area contributed by atoms with E-state index in [1.54, 1.807) is 24.3 Å². The highest BCUT2D eigenvalue weighted by molar-refractivity contribution is 5.89. The second-order valence-electron chi connectivity index (χ2n) is 11.0. The van der Waals surface area contributed by atoms with E-state index in [9.17, 15) is 27.2 Å². The lowest BCUT2D eigenvalue weighted by atomic mass is 9.95. The number of aromatic nitrogens is 2. The molecule has 1 aromatic heterocycles. The van der Waals surface area contributed by atoms with Gasteiger partial charge in [-0.25, -0.2) is 4.39 Å². The molecule has 1 saturated carbocycles. The first-order valence-corrected chi connectivity index (χ1v) is 14.3. The average molecular weight is 587 g/mol. The molecule has 42 heavy (non-hydrogen) atoms. The Bertz CT molecular complexity index is 1400. The summed E-state index contributed by atoms with van der Waals surface area (Å²) in [5.41, 5.74) is 0.661. The summed E-state index contributed by atoms with van der Waals surface area (Å²) in [6.45, 7) is -0.535. The van der Waals surface area contributed by atoms with Crippen LogP contribution in [0.4, 0.5) is 17.6 Å². The number of hydrogen-bond acceptors (Lipinski definition) is 4. The van der Waals surface area contributed by atoms with E-state index in [1.807, 2.05) is 0 Å². The van der Waals surface area contributed by atoms with E-state index in [1.165, 1.54) is 36.3 Å².